The van der Waals surface area contributed by atoms with Crippen LogP contribution >= 0.6 is 0 Å². The van der Waals surface area contributed by atoms with E-state index in [2.05, 4.69) is 15.6 Å². The number of methoxy groups -OCH3 is 1. The average molecular weight is 307 g/mol. The maximum Gasteiger partial charge on any atom is 0.319 e. The Kier molecular flexibility index (Phi) is 4.38. The second-order valence-corrected chi connectivity index (χ2v) is 5.04. The molecule has 0 spiro atoms. The van der Waals surface area contributed by atoms with E-state index in [-0.39, 0.29) is 6.03 Å². The largest absolute Gasteiger partial charge is 0.481 e. The lowest BCUT2D eigenvalue weighted by molar-refractivity contribution is 0.251. The first-order valence-corrected chi connectivity index (χ1v) is 7.28. The SMILES string of the molecule is COc1ncccc1CNC(=O)Nc1ccc2ccccc2c1. The molecule has 1 aromatic heterocycles. The smallest absolute Gasteiger partial charge is 0.319 e. The second-order valence-electron chi connectivity index (χ2n) is 5.04. The van der Waals surface area contributed by atoms with Crippen LogP contribution in [0.15, 0.2) is 60.8 Å². The molecule has 5 nitrogen and oxygen atoms in total. The molecule has 0 aliphatic heterocycles. The molecule has 2 N–H and O–H groups in total. The minimum atomic E-state index is -0.272. The fraction of sp³-hybridized carbons (Fsp3) is 0.111. The summed E-state index contributed by atoms with van der Waals surface area (Å²) in [6.45, 7) is 0.344. The molecule has 0 aliphatic carbocycles. The molecule has 5 heteroatoms. The van der Waals surface area contributed by atoms with Crippen LogP contribution in [-0.4, -0.2) is 18.1 Å². The van der Waals surface area contributed by atoms with Gasteiger partial charge in [0.05, 0.1) is 7.11 Å². The summed E-state index contributed by atoms with van der Waals surface area (Å²) >= 11 is 0. The monoisotopic (exact) mass is 307 g/mol. The highest BCUT2D eigenvalue weighted by atomic mass is 16.5. The molecule has 0 unspecified atom stereocenters. The number of hydrogen-bond acceptors (Lipinski definition) is 3. The number of pyridine rings is 1. The fourth-order valence-electron chi connectivity index (χ4n) is 2.36. The van der Waals surface area contributed by atoms with Crippen LogP contribution in [0, 0.1) is 0 Å². The Balaban J connectivity index is 1.64. The van der Waals surface area contributed by atoms with E-state index >= 15 is 0 Å². The van der Waals surface area contributed by atoms with Gasteiger partial charge in [0.1, 0.15) is 0 Å². The van der Waals surface area contributed by atoms with E-state index in [1.54, 1.807) is 19.4 Å². The lowest BCUT2D eigenvalue weighted by Crippen LogP contribution is -2.28. The van der Waals surface area contributed by atoms with E-state index < -0.39 is 0 Å². The first kappa shape index (κ1) is 14.8. The molecular weight excluding hydrogens is 290 g/mol. The number of benzene rings is 2. The molecule has 3 aromatic rings. The van der Waals surface area contributed by atoms with Crippen LogP contribution in [0.3, 0.4) is 0 Å². The van der Waals surface area contributed by atoms with E-state index in [0.717, 1.165) is 22.0 Å². The van der Waals surface area contributed by atoms with Crippen LogP contribution in [0.2, 0.25) is 0 Å². The minimum absolute atomic E-state index is 0.272. The highest BCUT2D eigenvalue weighted by molar-refractivity contribution is 5.93. The van der Waals surface area contributed by atoms with Gasteiger partial charge < -0.3 is 15.4 Å². The zero-order valence-corrected chi connectivity index (χ0v) is 12.7. The van der Waals surface area contributed by atoms with Crippen molar-refractivity contribution in [3.05, 3.63) is 66.4 Å². The molecular formula is C18H17N3O2. The summed E-state index contributed by atoms with van der Waals surface area (Å²) in [6, 6.07) is 17.2. The number of nitrogens with zero attached hydrogens (tertiary/aromatic N) is 1. The summed E-state index contributed by atoms with van der Waals surface area (Å²) in [4.78, 5) is 16.1. The van der Waals surface area contributed by atoms with Gasteiger partial charge in [-0.1, -0.05) is 36.4 Å². The van der Waals surface area contributed by atoms with E-state index in [0.29, 0.717) is 12.4 Å². The lowest BCUT2D eigenvalue weighted by Gasteiger charge is -2.10. The maximum atomic E-state index is 12.0. The van der Waals surface area contributed by atoms with Gasteiger partial charge in [-0.3, -0.25) is 0 Å². The van der Waals surface area contributed by atoms with Crippen molar-refractivity contribution in [3.63, 3.8) is 0 Å². The number of nitrogens with one attached hydrogen (secondary N) is 2. The van der Waals surface area contributed by atoms with Gasteiger partial charge in [0.25, 0.3) is 0 Å². The van der Waals surface area contributed by atoms with Crippen molar-refractivity contribution in [1.29, 1.82) is 0 Å². The number of amides is 2. The highest BCUT2D eigenvalue weighted by Crippen LogP contribution is 2.19. The predicted octanol–water partition coefficient (Wildman–Crippen LogP) is 3.57. The van der Waals surface area contributed by atoms with Gasteiger partial charge in [-0.15, -0.1) is 0 Å². The highest BCUT2D eigenvalue weighted by Gasteiger charge is 2.06. The summed E-state index contributed by atoms with van der Waals surface area (Å²) in [6.07, 6.45) is 1.65. The number of carbonyl (C=O) groups is 1. The Bertz CT molecular complexity index is 833. The van der Waals surface area contributed by atoms with Gasteiger partial charge >= 0.3 is 6.03 Å². The van der Waals surface area contributed by atoms with Crippen LogP contribution in [0.5, 0.6) is 5.88 Å². The molecule has 1 heterocycles. The maximum absolute atomic E-state index is 12.0. The van der Waals surface area contributed by atoms with E-state index in [1.807, 2.05) is 48.5 Å². The van der Waals surface area contributed by atoms with Crippen LogP contribution < -0.4 is 15.4 Å². The molecule has 23 heavy (non-hydrogen) atoms. The third kappa shape index (κ3) is 3.58. The number of carbonyl (C=O) groups excluding carboxylic acids is 1. The van der Waals surface area contributed by atoms with Crippen LogP contribution in [-0.2, 0) is 6.54 Å². The first-order valence-electron chi connectivity index (χ1n) is 7.28. The Morgan fingerprint density at radius 3 is 2.74 bits per heavy atom. The number of urea groups is 1. The molecule has 2 amide bonds. The molecule has 2 aromatic carbocycles. The molecule has 0 saturated heterocycles. The lowest BCUT2D eigenvalue weighted by atomic mass is 10.1. The van der Waals surface area contributed by atoms with Crippen molar-refractivity contribution in [3.8, 4) is 5.88 Å². The zero-order chi connectivity index (χ0) is 16.1. The van der Waals surface area contributed by atoms with Gasteiger partial charge in [0, 0.05) is 24.0 Å². The third-order valence-corrected chi connectivity index (χ3v) is 3.49. The number of ether oxygens (including phenoxy) is 1. The molecule has 0 aliphatic rings. The fourth-order valence-corrected chi connectivity index (χ4v) is 2.36. The van der Waals surface area contributed by atoms with Crippen LogP contribution in [0.25, 0.3) is 10.8 Å². The van der Waals surface area contributed by atoms with Crippen molar-refractivity contribution < 1.29 is 9.53 Å². The molecule has 0 fully saturated rings. The van der Waals surface area contributed by atoms with Gasteiger partial charge in [0.2, 0.25) is 5.88 Å². The van der Waals surface area contributed by atoms with E-state index in [4.69, 9.17) is 4.74 Å². The quantitative estimate of drug-likeness (QED) is 0.774. The molecule has 116 valence electrons. The van der Waals surface area contributed by atoms with Crippen molar-refractivity contribution in [2.75, 3.05) is 12.4 Å². The molecule has 0 bridgehead atoms. The number of fused-ring (bicyclic) bond motifs is 1. The molecule has 3 rings (SSSR count). The number of aromatic nitrogens is 1. The van der Waals surface area contributed by atoms with Gasteiger partial charge in [-0.2, -0.15) is 0 Å². The standard InChI is InChI=1S/C18H17N3O2/c1-23-17-15(7-4-10-19-17)12-20-18(22)21-16-9-8-13-5-2-3-6-14(13)11-16/h2-11H,12H2,1H3,(H2,20,21,22). The van der Waals surface area contributed by atoms with Crippen LogP contribution in [0.1, 0.15) is 5.56 Å². The Morgan fingerprint density at radius 2 is 1.91 bits per heavy atom. The second kappa shape index (κ2) is 6.79. The van der Waals surface area contributed by atoms with E-state index in [9.17, 15) is 4.79 Å². The predicted molar refractivity (Wildman–Crippen MR) is 90.6 cm³/mol. The molecule has 0 atom stereocenters. The van der Waals surface area contributed by atoms with Gasteiger partial charge in [0.15, 0.2) is 0 Å². The van der Waals surface area contributed by atoms with Crippen molar-refractivity contribution in [2.45, 2.75) is 6.54 Å². The average Bonchev–Trinajstić information content (AvgIpc) is 2.60. The summed E-state index contributed by atoms with van der Waals surface area (Å²) < 4.78 is 5.16. The van der Waals surface area contributed by atoms with Gasteiger partial charge in [-0.05, 0) is 29.0 Å². The van der Waals surface area contributed by atoms with Crippen molar-refractivity contribution in [1.82, 2.24) is 10.3 Å². The Hall–Kier alpha value is -3.08. The zero-order valence-electron chi connectivity index (χ0n) is 12.7. The first-order chi connectivity index (χ1) is 11.3. The van der Waals surface area contributed by atoms with E-state index in [1.165, 1.54) is 0 Å². The topological polar surface area (TPSA) is 63.2 Å². The molecule has 0 saturated carbocycles. The Morgan fingerprint density at radius 1 is 1.09 bits per heavy atom. The number of anilines is 1. The molecule has 0 radical (unpaired) electrons. The summed E-state index contributed by atoms with van der Waals surface area (Å²) in [5.74, 6) is 0.513. The summed E-state index contributed by atoms with van der Waals surface area (Å²) in [5.41, 5.74) is 1.57. The number of hydrogen-bond donors (Lipinski definition) is 2. The normalized spacial score (nSPS) is 10.3. The van der Waals surface area contributed by atoms with Crippen molar-refractivity contribution in [2.24, 2.45) is 0 Å². The minimum Gasteiger partial charge on any atom is -0.481 e. The van der Waals surface area contributed by atoms with Gasteiger partial charge in [-0.25, -0.2) is 9.78 Å². The Labute approximate surface area is 134 Å². The number of rotatable bonds is 4. The summed E-state index contributed by atoms with van der Waals surface area (Å²) in [5, 5.41) is 7.85. The third-order valence-electron chi connectivity index (χ3n) is 3.49. The summed E-state index contributed by atoms with van der Waals surface area (Å²) in [7, 11) is 1.56. The van der Waals surface area contributed by atoms with Crippen molar-refractivity contribution >= 4 is 22.5 Å². The van der Waals surface area contributed by atoms with Crippen LogP contribution in [0.4, 0.5) is 10.5 Å².